The van der Waals surface area contributed by atoms with Gasteiger partial charge in [0.1, 0.15) is 0 Å². The first-order chi connectivity index (χ1) is 5.11. The molecule has 0 saturated carbocycles. The molecule has 1 heterocycles. The minimum absolute atomic E-state index is 0.0518. The van der Waals surface area contributed by atoms with Crippen LogP contribution in [0.4, 0.5) is 4.79 Å². The van der Waals surface area contributed by atoms with Gasteiger partial charge in [-0.3, -0.25) is 0 Å². The first kappa shape index (κ1) is 8.33. The third kappa shape index (κ3) is 1.83. The average molecular weight is 159 g/mol. The molecule has 0 radical (unpaired) electrons. The van der Waals surface area contributed by atoms with E-state index in [1.54, 1.807) is 0 Å². The molecule has 0 bridgehead atoms. The zero-order valence-electron chi connectivity index (χ0n) is 6.53. The Hall–Kier alpha value is -0.770. The molecule has 0 aromatic rings. The number of carboxylic acid groups (broad SMARTS) is 1. The molecule has 0 spiro atoms. The number of hydrogen-bond donors (Lipinski definition) is 2. The highest BCUT2D eigenvalue weighted by Gasteiger charge is 2.27. The van der Waals surface area contributed by atoms with Gasteiger partial charge in [-0.1, -0.05) is 0 Å². The van der Waals surface area contributed by atoms with Gasteiger partial charge in [-0.15, -0.1) is 0 Å². The Morgan fingerprint density at radius 2 is 2.18 bits per heavy atom. The lowest BCUT2D eigenvalue weighted by Crippen LogP contribution is -2.46. The van der Waals surface area contributed by atoms with E-state index in [4.69, 9.17) is 10.2 Å². The molecule has 1 saturated heterocycles. The molecule has 1 aliphatic rings. The van der Waals surface area contributed by atoms with Gasteiger partial charge < -0.3 is 15.1 Å². The van der Waals surface area contributed by atoms with Crippen LogP contribution in [0.1, 0.15) is 19.8 Å². The van der Waals surface area contributed by atoms with Crippen molar-refractivity contribution >= 4 is 6.09 Å². The molecular weight excluding hydrogens is 146 g/mol. The van der Waals surface area contributed by atoms with Gasteiger partial charge in [0.15, 0.2) is 0 Å². The van der Waals surface area contributed by atoms with Crippen LogP contribution in [0.5, 0.6) is 0 Å². The summed E-state index contributed by atoms with van der Waals surface area (Å²) in [7, 11) is 0. The van der Waals surface area contributed by atoms with Crippen LogP contribution in [0.3, 0.4) is 0 Å². The zero-order valence-corrected chi connectivity index (χ0v) is 6.53. The van der Waals surface area contributed by atoms with Gasteiger partial charge in [0.25, 0.3) is 0 Å². The van der Waals surface area contributed by atoms with Gasteiger partial charge >= 0.3 is 6.09 Å². The summed E-state index contributed by atoms with van der Waals surface area (Å²) in [5.74, 6) is 0. The van der Waals surface area contributed by atoms with Crippen LogP contribution in [-0.4, -0.2) is 39.9 Å². The number of aliphatic hydroxyl groups is 1. The van der Waals surface area contributed by atoms with Crippen LogP contribution in [0.25, 0.3) is 0 Å². The quantitative estimate of drug-likeness (QED) is 0.541. The van der Waals surface area contributed by atoms with E-state index in [9.17, 15) is 4.79 Å². The Kier molecular flexibility index (Phi) is 2.34. The molecule has 1 rings (SSSR count). The summed E-state index contributed by atoms with van der Waals surface area (Å²) in [4.78, 5) is 11.8. The molecule has 4 heteroatoms. The summed E-state index contributed by atoms with van der Waals surface area (Å²) in [5.41, 5.74) is 0. The number of rotatable bonds is 0. The van der Waals surface area contributed by atoms with E-state index in [2.05, 4.69) is 0 Å². The summed E-state index contributed by atoms with van der Waals surface area (Å²) in [6, 6.07) is 0.0518. The number of amides is 1. The predicted octanol–water partition coefficient (Wildman–Crippen LogP) is 0.510. The molecular formula is C7H13NO3. The minimum atomic E-state index is -0.934. The van der Waals surface area contributed by atoms with E-state index >= 15 is 0 Å². The van der Waals surface area contributed by atoms with Gasteiger partial charge in [0, 0.05) is 6.04 Å². The van der Waals surface area contributed by atoms with E-state index in [0.29, 0.717) is 6.42 Å². The normalized spacial score (nSPS) is 32.0. The van der Waals surface area contributed by atoms with Crippen molar-refractivity contribution in [3.05, 3.63) is 0 Å². The number of nitrogens with zero attached hydrogens (tertiary/aromatic N) is 1. The maximum absolute atomic E-state index is 10.5. The summed E-state index contributed by atoms with van der Waals surface area (Å²) >= 11 is 0. The first-order valence-corrected chi connectivity index (χ1v) is 3.79. The monoisotopic (exact) mass is 159 g/mol. The fourth-order valence-electron chi connectivity index (χ4n) is 1.35. The molecule has 0 aliphatic carbocycles. The second-order valence-electron chi connectivity index (χ2n) is 3.02. The molecule has 4 nitrogen and oxygen atoms in total. The van der Waals surface area contributed by atoms with Crippen molar-refractivity contribution in [3.63, 3.8) is 0 Å². The van der Waals surface area contributed by atoms with Crippen LogP contribution in [-0.2, 0) is 0 Å². The van der Waals surface area contributed by atoms with E-state index in [1.807, 2.05) is 6.92 Å². The van der Waals surface area contributed by atoms with E-state index < -0.39 is 12.2 Å². The van der Waals surface area contributed by atoms with Gasteiger partial charge in [0.05, 0.1) is 12.6 Å². The Labute approximate surface area is 65.4 Å². The Bertz CT molecular complexity index is 160. The molecule has 1 unspecified atom stereocenters. The topological polar surface area (TPSA) is 60.8 Å². The fraction of sp³-hybridized carbons (Fsp3) is 0.857. The minimum Gasteiger partial charge on any atom is -0.465 e. The number of carbonyl (C=O) groups is 1. The zero-order chi connectivity index (χ0) is 8.43. The second kappa shape index (κ2) is 3.09. The molecule has 1 aliphatic heterocycles. The maximum Gasteiger partial charge on any atom is 0.407 e. The van der Waals surface area contributed by atoms with E-state index in [0.717, 1.165) is 6.42 Å². The van der Waals surface area contributed by atoms with Crippen LogP contribution in [0, 0.1) is 0 Å². The number of hydrogen-bond acceptors (Lipinski definition) is 2. The van der Waals surface area contributed by atoms with Gasteiger partial charge in [-0.25, -0.2) is 4.79 Å². The molecule has 0 aromatic heterocycles. The maximum atomic E-state index is 10.5. The lowest BCUT2D eigenvalue weighted by molar-refractivity contribution is 0.0420. The van der Waals surface area contributed by atoms with Crippen molar-refractivity contribution in [2.75, 3.05) is 6.54 Å². The Morgan fingerprint density at radius 3 is 2.64 bits per heavy atom. The fourth-order valence-corrected chi connectivity index (χ4v) is 1.35. The van der Waals surface area contributed by atoms with Crippen LogP contribution >= 0.6 is 0 Å². The van der Waals surface area contributed by atoms with Crippen molar-refractivity contribution in [3.8, 4) is 0 Å². The SMILES string of the molecule is CC1CC[C@H](O)CN1C(=O)O. The van der Waals surface area contributed by atoms with Gasteiger partial charge in [-0.2, -0.15) is 0 Å². The smallest absolute Gasteiger partial charge is 0.407 e. The molecule has 1 fully saturated rings. The molecule has 1 amide bonds. The number of β-amino-alcohol motifs (C(OH)–C–C–N with tert-alkyl or cyclic N) is 1. The Morgan fingerprint density at radius 1 is 1.55 bits per heavy atom. The number of piperidine rings is 1. The number of aliphatic hydroxyl groups excluding tert-OH is 1. The van der Waals surface area contributed by atoms with Crippen LogP contribution in [0.15, 0.2) is 0 Å². The lowest BCUT2D eigenvalue weighted by atomic mass is 10.0. The molecule has 11 heavy (non-hydrogen) atoms. The first-order valence-electron chi connectivity index (χ1n) is 3.79. The summed E-state index contributed by atoms with van der Waals surface area (Å²) in [5, 5.41) is 17.8. The lowest BCUT2D eigenvalue weighted by Gasteiger charge is -2.33. The highest BCUT2D eigenvalue weighted by molar-refractivity contribution is 5.65. The summed E-state index contributed by atoms with van der Waals surface area (Å²) in [6.07, 6.45) is 0.0665. The molecule has 0 aromatic carbocycles. The second-order valence-corrected chi connectivity index (χ2v) is 3.02. The van der Waals surface area contributed by atoms with Crippen molar-refractivity contribution in [1.29, 1.82) is 0 Å². The van der Waals surface area contributed by atoms with E-state index in [1.165, 1.54) is 4.90 Å². The van der Waals surface area contributed by atoms with E-state index in [-0.39, 0.29) is 12.6 Å². The van der Waals surface area contributed by atoms with Crippen LogP contribution < -0.4 is 0 Å². The third-order valence-electron chi connectivity index (χ3n) is 2.10. The van der Waals surface area contributed by atoms with Crippen molar-refractivity contribution in [2.45, 2.75) is 31.9 Å². The van der Waals surface area contributed by atoms with Crippen molar-refractivity contribution < 1.29 is 15.0 Å². The van der Waals surface area contributed by atoms with Crippen molar-refractivity contribution in [2.24, 2.45) is 0 Å². The predicted molar refractivity (Wildman–Crippen MR) is 39.4 cm³/mol. The molecule has 2 atom stereocenters. The third-order valence-corrected chi connectivity index (χ3v) is 2.10. The average Bonchev–Trinajstić information content (AvgIpc) is 1.94. The van der Waals surface area contributed by atoms with Gasteiger partial charge in [-0.05, 0) is 19.8 Å². The van der Waals surface area contributed by atoms with Crippen LogP contribution in [0.2, 0.25) is 0 Å². The largest absolute Gasteiger partial charge is 0.465 e. The molecule has 64 valence electrons. The highest BCUT2D eigenvalue weighted by Crippen LogP contribution is 2.16. The summed E-state index contributed by atoms with van der Waals surface area (Å²) in [6.45, 7) is 2.12. The number of likely N-dealkylation sites (tertiary alicyclic amines) is 1. The highest BCUT2D eigenvalue weighted by atomic mass is 16.4. The summed E-state index contributed by atoms with van der Waals surface area (Å²) < 4.78 is 0. The van der Waals surface area contributed by atoms with Gasteiger partial charge in [0.2, 0.25) is 0 Å². The standard InChI is InChI=1S/C7H13NO3/c1-5-2-3-6(9)4-8(5)7(10)11/h5-6,9H,2-4H2,1H3,(H,10,11)/t5?,6-/m0/s1. The molecule has 2 N–H and O–H groups in total. The van der Waals surface area contributed by atoms with Crippen molar-refractivity contribution in [1.82, 2.24) is 4.90 Å². The Balaban J connectivity index is 2.54.